The molecular formula is C12H22Cl3NSi. The Kier molecular flexibility index (Phi) is 10.9. The van der Waals surface area contributed by atoms with Gasteiger partial charge in [0.2, 0.25) is 0 Å². The van der Waals surface area contributed by atoms with Crippen LogP contribution in [0.5, 0.6) is 0 Å². The topological polar surface area (TPSA) is 23.8 Å². The molecule has 0 amide bonds. The van der Waals surface area contributed by atoms with E-state index in [-0.39, 0.29) is 5.54 Å². The van der Waals surface area contributed by atoms with Crippen LogP contribution < -0.4 is 0 Å². The first-order chi connectivity index (χ1) is 8.02. The maximum absolute atomic E-state index is 8.89. The van der Waals surface area contributed by atoms with Gasteiger partial charge in [-0.1, -0.05) is 58.3 Å². The molecule has 5 heteroatoms. The molecule has 0 aliphatic carbocycles. The quantitative estimate of drug-likeness (QED) is 0.273. The SMILES string of the molecule is CCCCCCCCCCC(C#N)[Si](Cl)(Cl)Cl. The van der Waals surface area contributed by atoms with Crippen LogP contribution in [0, 0.1) is 11.3 Å². The van der Waals surface area contributed by atoms with Gasteiger partial charge in [0.25, 0.3) is 0 Å². The normalized spacial score (nSPS) is 13.4. The van der Waals surface area contributed by atoms with Crippen molar-refractivity contribution in [1.29, 1.82) is 5.26 Å². The minimum Gasteiger partial charge on any atom is -0.198 e. The fourth-order valence-electron chi connectivity index (χ4n) is 1.78. The van der Waals surface area contributed by atoms with Gasteiger partial charge in [-0.05, 0) is 6.42 Å². The lowest BCUT2D eigenvalue weighted by Gasteiger charge is -2.14. The lowest BCUT2D eigenvalue weighted by Crippen LogP contribution is -2.18. The van der Waals surface area contributed by atoms with Crippen molar-refractivity contribution in [3.63, 3.8) is 0 Å². The van der Waals surface area contributed by atoms with E-state index in [0.717, 1.165) is 19.3 Å². The third-order valence-corrected chi connectivity index (χ3v) is 6.48. The van der Waals surface area contributed by atoms with Crippen LogP contribution in [0.3, 0.4) is 0 Å². The molecule has 0 aromatic heterocycles. The molecule has 0 N–H and O–H groups in total. The molecule has 0 spiro atoms. The number of hydrogen-bond acceptors (Lipinski definition) is 1. The molecule has 17 heavy (non-hydrogen) atoms. The Bertz CT molecular complexity index is 223. The van der Waals surface area contributed by atoms with Crippen LogP contribution in [0.25, 0.3) is 0 Å². The molecule has 0 rings (SSSR count). The number of halogens is 3. The molecule has 1 nitrogen and oxygen atoms in total. The Morgan fingerprint density at radius 1 is 0.941 bits per heavy atom. The Morgan fingerprint density at radius 3 is 1.82 bits per heavy atom. The van der Waals surface area contributed by atoms with E-state index in [1.807, 2.05) is 0 Å². The zero-order valence-electron chi connectivity index (χ0n) is 10.5. The number of unbranched alkanes of at least 4 members (excludes halogenated alkanes) is 7. The Labute approximate surface area is 121 Å². The second-order valence-corrected chi connectivity index (χ2v) is 13.4. The van der Waals surface area contributed by atoms with E-state index in [2.05, 4.69) is 13.0 Å². The fourth-order valence-corrected chi connectivity index (χ4v) is 3.88. The number of rotatable bonds is 10. The highest BCUT2D eigenvalue weighted by molar-refractivity contribution is 7.65. The summed E-state index contributed by atoms with van der Waals surface area (Å²) in [5.41, 5.74) is -0.340. The first-order valence-electron chi connectivity index (χ1n) is 6.48. The Balaban J connectivity index is 3.42. The fraction of sp³-hybridized carbons (Fsp3) is 0.917. The van der Waals surface area contributed by atoms with Gasteiger partial charge < -0.3 is 0 Å². The monoisotopic (exact) mass is 313 g/mol. The highest BCUT2D eigenvalue weighted by Gasteiger charge is 2.36. The van der Waals surface area contributed by atoms with Crippen molar-refractivity contribution in [2.75, 3.05) is 0 Å². The minimum atomic E-state index is -2.82. The number of nitriles is 1. The lowest BCUT2D eigenvalue weighted by atomic mass is 10.1. The van der Waals surface area contributed by atoms with Gasteiger partial charge in [-0.15, -0.1) is 33.2 Å². The minimum absolute atomic E-state index is 0.340. The van der Waals surface area contributed by atoms with Crippen molar-refractivity contribution in [3.05, 3.63) is 0 Å². The van der Waals surface area contributed by atoms with Crippen molar-refractivity contribution < 1.29 is 0 Å². The van der Waals surface area contributed by atoms with Gasteiger partial charge in [0.15, 0.2) is 0 Å². The standard InChI is InChI=1S/C12H22Cl3NSi/c1-2-3-4-5-6-7-8-9-10-12(11-16)17(13,14)15/h12H,2-10H2,1H3. The smallest absolute Gasteiger partial charge is 0.198 e. The zero-order chi connectivity index (χ0) is 13.1. The maximum Gasteiger partial charge on any atom is 0.357 e. The van der Waals surface area contributed by atoms with E-state index in [4.69, 9.17) is 38.5 Å². The van der Waals surface area contributed by atoms with E-state index in [1.165, 1.54) is 38.5 Å². The van der Waals surface area contributed by atoms with Gasteiger partial charge in [-0.2, -0.15) is 5.26 Å². The molecule has 0 aliphatic heterocycles. The molecule has 0 aliphatic rings. The molecular weight excluding hydrogens is 293 g/mol. The Morgan fingerprint density at radius 2 is 1.41 bits per heavy atom. The van der Waals surface area contributed by atoms with Crippen LogP contribution in [0.15, 0.2) is 0 Å². The first kappa shape index (κ1) is 17.6. The van der Waals surface area contributed by atoms with E-state index >= 15 is 0 Å². The van der Waals surface area contributed by atoms with Gasteiger partial charge >= 0.3 is 6.00 Å². The van der Waals surface area contributed by atoms with E-state index in [1.54, 1.807) is 0 Å². The first-order valence-corrected chi connectivity index (χ1v) is 11.6. The molecule has 0 aromatic carbocycles. The van der Waals surface area contributed by atoms with Crippen molar-refractivity contribution in [3.8, 4) is 6.07 Å². The third kappa shape index (κ3) is 10.2. The number of hydrogen-bond donors (Lipinski definition) is 0. The molecule has 0 fully saturated rings. The van der Waals surface area contributed by atoms with Gasteiger partial charge in [0.05, 0.1) is 11.6 Å². The zero-order valence-corrected chi connectivity index (χ0v) is 13.8. The summed E-state index contributed by atoms with van der Waals surface area (Å²) in [5.74, 6) is 0. The average molecular weight is 315 g/mol. The second-order valence-electron chi connectivity index (χ2n) is 4.49. The van der Waals surface area contributed by atoms with E-state index < -0.39 is 6.00 Å². The van der Waals surface area contributed by atoms with Gasteiger partial charge in [0.1, 0.15) is 0 Å². The molecule has 1 atom stereocenters. The lowest BCUT2D eigenvalue weighted by molar-refractivity contribution is 0.566. The summed E-state index contributed by atoms with van der Waals surface area (Å²) >= 11 is 17.5. The molecule has 0 heterocycles. The van der Waals surface area contributed by atoms with Crippen molar-refractivity contribution in [1.82, 2.24) is 0 Å². The highest BCUT2D eigenvalue weighted by Crippen LogP contribution is 2.37. The van der Waals surface area contributed by atoms with Gasteiger partial charge in [0, 0.05) is 0 Å². The molecule has 100 valence electrons. The van der Waals surface area contributed by atoms with Crippen molar-refractivity contribution >= 4 is 39.2 Å². The molecule has 0 aromatic rings. The number of nitrogens with zero attached hydrogens (tertiary/aromatic N) is 1. The molecule has 1 unspecified atom stereocenters. The predicted molar refractivity (Wildman–Crippen MR) is 79.9 cm³/mol. The summed E-state index contributed by atoms with van der Waals surface area (Å²) in [6.45, 7) is 2.22. The van der Waals surface area contributed by atoms with E-state index in [0.29, 0.717) is 0 Å². The van der Waals surface area contributed by atoms with Crippen LogP contribution >= 0.6 is 33.2 Å². The largest absolute Gasteiger partial charge is 0.357 e. The van der Waals surface area contributed by atoms with Crippen LogP contribution in [0.1, 0.15) is 64.7 Å². The molecule has 0 radical (unpaired) electrons. The summed E-state index contributed by atoms with van der Waals surface area (Å²) in [6.07, 6.45) is 10.7. The molecule has 0 bridgehead atoms. The molecule has 0 saturated heterocycles. The van der Waals surface area contributed by atoms with E-state index in [9.17, 15) is 0 Å². The third-order valence-electron chi connectivity index (χ3n) is 2.90. The Hall–Kier alpha value is 0.577. The van der Waals surface area contributed by atoms with Gasteiger partial charge in [-0.25, -0.2) is 0 Å². The second kappa shape index (κ2) is 10.5. The van der Waals surface area contributed by atoms with Gasteiger partial charge in [-0.3, -0.25) is 0 Å². The maximum atomic E-state index is 8.89. The summed E-state index contributed by atoms with van der Waals surface area (Å²) in [4.78, 5) is 0. The van der Waals surface area contributed by atoms with Crippen LogP contribution in [-0.4, -0.2) is 6.00 Å². The predicted octanol–water partition coefficient (Wildman–Crippen LogP) is 6.07. The summed E-state index contributed by atoms with van der Waals surface area (Å²) in [7, 11) is 0. The van der Waals surface area contributed by atoms with Crippen LogP contribution in [-0.2, 0) is 0 Å². The average Bonchev–Trinajstić information content (AvgIpc) is 2.25. The molecule has 0 saturated carbocycles. The van der Waals surface area contributed by atoms with Crippen molar-refractivity contribution in [2.24, 2.45) is 0 Å². The van der Waals surface area contributed by atoms with Crippen LogP contribution in [0.4, 0.5) is 0 Å². The summed E-state index contributed by atoms with van der Waals surface area (Å²) in [5, 5.41) is 8.89. The summed E-state index contributed by atoms with van der Waals surface area (Å²) < 4.78 is 0. The highest BCUT2D eigenvalue weighted by atomic mass is 35.8. The summed E-state index contributed by atoms with van der Waals surface area (Å²) in [6, 6.07) is -0.690. The van der Waals surface area contributed by atoms with Crippen molar-refractivity contribution in [2.45, 2.75) is 70.3 Å². The van der Waals surface area contributed by atoms with Crippen LogP contribution in [0.2, 0.25) is 5.54 Å².